The third kappa shape index (κ3) is 8.97. The number of rotatable bonds is 9. The number of nitrogens with one attached hydrogen (secondary N) is 1. The summed E-state index contributed by atoms with van der Waals surface area (Å²) < 4.78 is 52.2. The van der Waals surface area contributed by atoms with Crippen LogP contribution < -0.4 is 19.5 Å². The van der Waals surface area contributed by atoms with Crippen molar-refractivity contribution in [3.63, 3.8) is 0 Å². The number of methoxy groups -OCH3 is 2. The van der Waals surface area contributed by atoms with E-state index in [9.17, 15) is 13.2 Å². The summed E-state index contributed by atoms with van der Waals surface area (Å²) in [5, 5.41) is 3.19. The van der Waals surface area contributed by atoms with Crippen LogP contribution in [0.15, 0.2) is 41.5 Å². The lowest BCUT2D eigenvalue weighted by Crippen LogP contribution is -2.39. The Labute approximate surface area is 203 Å². The number of aromatic nitrogens is 1. The minimum absolute atomic E-state index is 0. The first kappa shape index (κ1) is 27.6. The Kier molecular flexibility index (Phi) is 11.4. The van der Waals surface area contributed by atoms with Gasteiger partial charge in [0.05, 0.1) is 14.2 Å². The van der Waals surface area contributed by atoms with Crippen molar-refractivity contribution in [3.05, 3.63) is 47.7 Å². The van der Waals surface area contributed by atoms with Gasteiger partial charge in [-0.05, 0) is 35.7 Å². The highest BCUT2D eigenvalue weighted by atomic mass is 127. The summed E-state index contributed by atoms with van der Waals surface area (Å²) in [6.45, 7) is -0.332. The number of hydrogen-bond acceptors (Lipinski definition) is 5. The second-order valence-corrected chi connectivity index (χ2v) is 6.67. The van der Waals surface area contributed by atoms with Gasteiger partial charge in [0.25, 0.3) is 0 Å². The molecule has 178 valence electrons. The maximum atomic E-state index is 12.3. The van der Waals surface area contributed by atoms with Gasteiger partial charge in [-0.1, -0.05) is 6.07 Å². The lowest BCUT2D eigenvalue weighted by Gasteiger charge is -2.22. The van der Waals surface area contributed by atoms with Crippen molar-refractivity contribution < 1.29 is 27.4 Å². The number of aliphatic imine (C=N–C) groups is 1. The predicted octanol–water partition coefficient (Wildman–Crippen LogP) is 3.91. The summed E-state index contributed by atoms with van der Waals surface area (Å²) in [4.78, 5) is 10.0. The van der Waals surface area contributed by atoms with Crippen LogP contribution in [0.4, 0.5) is 13.2 Å². The predicted molar refractivity (Wildman–Crippen MR) is 127 cm³/mol. The Bertz CT molecular complexity index is 882. The third-order valence-corrected chi connectivity index (χ3v) is 4.39. The Morgan fingerprint density at radius 2 is 1.81 bits per heavy atom. The van der Waals surface area contributed by atoms with E-state index < -0.39 is 12.8 Å². The smallest absolute Gasteiger partial charge is 0.422 e. The molecule has 2 rings (SSSR count). The quantitative estimate of drug-likeness (QED) is 0.281. The number of guanidine groups is 1. The molecule has 2 aromatic rings. The molecule has 0 saturated heterocycles. The maximum absolute atomic E-state index is 12.3. The molecular weight excluding hydrogens is 540 g/mol. The Morgan fingerprint density at radius 1 is 1.09 bits per heavy atom. The molecule has 0 aliphatic heterocycles. The molecule has 1 N–H and O–H groups in total. The monoisotopic (exact) mass is 568 g/mol. The molecule has 1 aromatic heterocycles. The van der Waals surface area contributed by atoms with Crippen LogP contribution in [-0.4, -0.2) is 63.5 Å². The van der Waals surface area contributed by atoms with Crippen molar-refractivity contribution in [1.29, 1.82) is 0 Å². The zero-order valence-corrected chi connectivity index (χ0v) is 20.7. The van der Waals surface area contributed by atoms with E-state index in [0.717, 1.165) is 17.5 Å². The third-order valence-electron chi connectivity index (χ3n) is 4.39. The van der Waals surface area contributed by atoms with Gasteiger partial charge >= 0.3 is 6.18 Å². The number of likely N-dealkylation sites (N-methyl/N-ethyl adjacent to an activating group) is 1. The van der Waals surface area contributed by atoms with Crippen molar-refractivity contribution in [3.8, 4) is 17.4 Å². The van der Waals surface area contributed by atoms with Gasteiger partial charge in [-0.15, -0.1) is 24.0 Å². The van der Waals surface area contributed by atoms with Gasteiger partial charge in [0.15, 0.2) is 24.1 Å². The van der Waals surface area contributed by atoms with Crippen molar-refractivity contribution in [2.24, 2.45) is 4.99 Å². The van der Waals surface area contributed by atoms with Gasteiger partial charge in [0.1, 0.15) is 0 Å². The second-order valence-electron chi connectivity index (χ2n) is 6.67. The second kappa shape index (κ2) is 13.2. The van der Waals surface area contributed by atoms with Crippen LogP contribution in [0, 0.1) is 0 Å². The highest BCUT2D eigenvalue weighted by Crippen LogP contribution is 2.27. The van der Waals surface area contributed by atoms with Crippen molar-refractivity contribution in [2.75, 3.05) is 41.5 Å². The molecule has 0 atom stereocenters. The number of halogens is 4. The normalized spacial score (nSPS) is 11.4. The first-order valence-electron chi connectivity index (χ1n) is 9.53. The fraction of sp³-hybridized carbons (Fsp3) is 0.429. The van der Waals surface area contributed by atoms with Gasteiger partial charge < -0.3 is 24.4 Å². The van der Waals surface area contributed by atoms with E-state index in [1.807, 2.05) is 30.1 Å². The Balaban J connectivity index is 0.00000512. The molecule has 0 radical (unpaired) electrons. The molecule has 0 unspecified atom stereocenters. The zero-order chi connectivity index (χ0) is 22.9. The number of pyridine rings is 1. The lowest BCUT2D eigenvalue weighted by molar-refractivity contribution is -0.154. The van der Waals surface area contributed by atoms with Gasteiger partial charge in [-0.25, -0.2) is 4.98 Å². The Hall–Kier alpha value is -2.44. The molecule has 0 aliphatic rings. The van der Waals surface area contributed by atoms with Gasteiger partial charge in [0.2, 0.25) is 5.88 Å². The molecule has 0 spiro atoms. The summed E-state index contributed by atoms with van der Waals surface area (Å²) in [6, 6.07) is 8.94. The molecule has 0 fully saturated rings. The SMILES string of the molecule is CN=C(NCc1ccnc(OCC(F)(F)F)c1)N(C)CCc1ccc(OC)c(OC)c1.I. The van der Waals surface area contributed by atoms with Crippen LogP contribution >= 0.6 is 24.0 Å². The first-order valence-corrected chi connectivity index (χ1v) is 9.53. The molecule has 0 bridgehead atoms. The summed E-state index contributed by atoms with van der Waals surface area (Å²) in [5.74, 6) is 1.92. The van der Waals surface area contributed by atoms with Crippen molar-refractivity contribution in [2.45, 2.75) is 19.1 Å². The fourth-order valence-corrected chi connectivity index (χ4v) is 2.80. The largest absolute Gasteiger partial charge is 0.493 e. The summed E-state index contributed by atoms with van der Waals surface area (Å²) in [7, 11) is 6.76. The minimum Gasteiger partial charge on any atom is -0.493 e. The van der Waals surface area contributed by atoms with Gasteiger partial charge in [-0.2, -0.15) is 13.2 Å². The van der Waals surface area contributed by atoms with Crippen LogP contribution in [-0.2, 0) is 13.0 Å². The molecular formula is C21H28F3IN4O3. The molecule has 11 heteroatoms. The molecule has 0 amide bonds. The summed E-state index contributed by atoms with van der Waals surface area (Å²) in [5.41, 5.74) is 1.81. The van der Waals surface area contributed by atoms with E-state index >= 15 is 0 Å². The van der Waals surface area contributed by atoms with E-state index in [1.54, 1.807) is 27.3 Å². The zero-order valence-electron chi connectivity index (χ0n) is 18.4. The number of benzene rings is 1. The molecule has 1 heterocycles. The van der Waals surface area contributed by atoms with E-state index in [2.05, 4.69) is 15.3 Å². The van der Waals surface area contributed by atoms with Crippen LogP contribution in [0.1, 0.15) is 11.1 Å². The average molecular weight is 568 g/mol. The van der Waals surface area contributed by atoms with Crippen LogP contribution in [0.3, 0.4) is 0 Å². The highest BCUT2D eigenvalue weighted by molar-refractivity contribution is 14.0. The maximum Gasteiger partial charge on any atom is 0.422 e. The number of hydrogen-bond donors (Lipinski definition) is 1. The average Bonchev–Trinajstić information content (AvgIpc) is 2.76. The number of ether oxygens (including phenoxy) is 3. The van der Waals surface area contributed by atoms with E-state index in [1.165, 1.54) is 12.3 Å². The number of alkyl halides is 3. The van der Waals surface area contributed by atoms with Gasteiger partial charge in [0, 0.05) is 39.4 Å². The number of nitrogens with zero attached hydrogens (tertiary/aromatic N) is 3. The first-order chi connectivity index (χ1) is 14.8. The summed E-state index contributed by atoms with van der Waals surface area (Å²) >= 11 is 0. The van der Waals surface area contributed by atoms with Crippen LogP contribution in [0.2, 0.25) is 0 Å². The standard InChI is InChI=1S/C21H27F3N4O3.HI/c1-25-20(27-13-16-7-9-26-19(12-16)31-14-21(22,23)24)28(2)10-8-15-5-6-17(29-3)18(11-15)30-4;/h5-7,9,11-12H,8,10,13-14H2,1-4H3,(H,25,27);1H. The van der Waals surface area contributed by atoms with Crippen LogP contribution in [0.5, 0.6) is 17.4 Å². The van der Waals surface area contributed by atoms with Gasteiger partial charge in [-0.3, -0.25) is 4.99 Å². The van der Waals surface area contributed by atoms with E-state index in [4.69, 9.17) is 14.2 Å². The van der Waals surface area contributed by atoms with Crippen molar-refractivity contribution in [1.82, 2.24) is 15.2 Å². The molecule has 7 nitrogen and oxygen atoms in total. The lowest BCUT2D eigenvalue weighted by atomic mass is 10.1. The topological polar surface area (TPSA) is 68.2 Å². The van der Waals surface area contributed by atoms with E-state index in [0.29, 0.717) is 30.5 Å². The minimum atomic E-state index is -4.41. The van der Waals surface area contributed by atoms with Crippen LogP contribution in [0.25, 0.3) is 0 Å². The molecule has 0 aliphatic carbocycles. The van der Waals surface area contributed by atoms with E-state index in [-0.39, 0.29) is 29.9 Å². The van der Waals surface area contributed by atoms with Crippen molar-refractivity contribution >= 4 is 29.9 Å². The molecule has 1 aromatic carbocycles. The highest BCUT2D eigenvalue weighted by Gasteiger charge is 2.28. The molecule has 32 heavy (non-hydrogen) atoms. The Morgan fingerprint density at radius 3 is 2.44 bits per heavy atom. The summed E-state index contributed by atoms with van der Waals surface area (Å²) in [6.07, 6.45) is -2.25. The molecule has 0 saturated carbocycles. The fourth-order valence-electron chi connectivity index (χ4n) is 2.80.